The van der Waals surface area contributed by atoms with Gasteiger partial charge in [-0.05, 0) is 29.3 Å². The summed E-state index contributed by atoms with van der Waals surface area (Å²) in [4.78, 5) is 43.2. The molecule has 0 spiro atoms. The van der Waals surface area contributed by atoms with Gasteiger partial charge in [0.05, 0.1) is 41.7 Å². The maximum absolute atomic E-state index is 12.0. The molecule has 2 amide bonds. The molecule has 0 aliphatic rings. The average molecular weight is 667 g/mol. The van der Waals surface area contributed by atoms with Gasteiger partial charge in [0, 0.05) is 41.4 Å². The third-order valence-corrected chi connectivity index (χ3v) is 7.32. The Kier molecular flexibility index (Phi) is 11.1. The molecular weight excluding hydrogens is 636 g/mol. The first-order valence-corrected chi connectivity index (χ1v) is 15.0. The van der Waals surface area contributed by atoms with E-state index in [1.807, 2.05) is 60.7 Å². The van der Waals surface area contributed by atoms with Crippen molar-refractivity contribution < 1.29 is 28.5 Å². The summed E-state index contributed by atoms with van der Waals surface area (Å²) in [6.07, 6.45) is 1.98. The van der Waals surface area contributed by atoms with E-state index in [1.54, 1.807) is 42.7 Å². The van der Waals surface area contributed by atoms with Crippen molar-refractivity contribution in [3.63, 3.8) is 0 Å². The minimum absolute atomic E-state index is 0.146. The summed E-state index contributed by atoms with van der Waals surface area (Å²) < 4.78 is 21.0. The number of H-pyrrole nitrogens is 1. The highest BCUT2D eigenvalue weighted by molar-refractivity contribution is 6.35. The minimum atomic E-state index is -0.621. The molecule has 48 heavy (non-hydrogen) atoms. The first-order chi connectivity index (χ1) is 23.3. The lowest BCUT2D eigenvalue weighted by molar-refractivity contribution is 0.154. The van der Waals surface area contributed by atoms with E-state index in [2.05, 4.69) is 20.6 Å². The number of halogens is 1. The molecule has 0 aliphatic carbocycles. The molecular formula is C36H31ClN4O7. The van der Waals surface area contributed by atoms with Crippen molar-refractivity contribution in [1.29, 1.82) is 0 Å². The van der Waals surface area contributed by atoms with Crippen LogP contribution in [0.2, 0.25) is 5.02 Å². The van der Waals surface area contributed by atoms with Gasteiger partial charge in [0.25, 0.3) is 0 Å². The Morgan fingerprint density at radius 2 is 1.27 bits per heavy atom. The largest absolute Gasteiger partial charge is 0.494 e. The number of aromatic nitrogens is 2. The van der Waals surface area contributed by atoms with Gasteiger partial charge in [-0.3, -0.25) is 20.4 Å². The number of nitrogens with one attached hydrogen (secondary N) is 3. The lowest BCUT2D eigenvalue weighted by atomic mass is 10.2. The van der Waals surface area contributed by atoms with Crippen molar-refractivity contribution in [2.24, 2.45) is 0 Å². The summed E-state index contributed by atoms with van der Waals surface area (Å²) in [5.74, 6) is 0.912. The van der Waals surface area contributed by atoms with E-state index in [9.17, 15) is 14.4 Å². The Labute approximate surface area is 280 Å². The van der Waals surface area contributed by atoms with E-state index in [4.69, 9.17) is 30.5 Å². The van der Waals surface area contributed by atoms with Gasteiger partial charge in [-0.1, -0.05) is 72.3 Å². The minimum Gasteiger partial charge on any atom is -0.494 e. The number of ether oxygens (including phenoxy) is 4. The molecule has 6 aromatic rings. The number of anilines is 2. The maximum Gasteiger partial charge on any atom is 0.412 e. The van der Waals surface area contributed by atoms with E-state index < -0.39 is 12.2 Å². The second-order valence-electron chi connectivity index (χ2n) is 10.2. The van der Waals surface area contributed by atoms with Crippen LogP contribution in [-0.4, -0.2) is 36.4 Å². The zero-order valence-corrected chi connectivity index (χ0v) is 26.7. The fraction of sp³-hybridized carbons (Fsp3) is 0.111. The number of pyridine rings is 2. The number of fused-ring (bicyclic) bond motifs is 2. The van der Waals surface area contributed by atoms with Gasteiger partial charge in [-0.25, -0.2) is 9.59 Å². The fourth-order valence-corrected chi connectivity index (χ4v) is 4.82. The highest BCUT2D eigenvalue weighted by atomic mass is 35.5. The smallest absolute Gasteiger partial charge is 0.412 e. The van der Waals surface area contributed by atoms with Gasteiger partial charge in [0.2, 0.25) is 0 Å². The number of nitrogens with zero attached hydrogens (tertiary/aromatic N) is 1. The van der Waals surface area contributed by atoms with Crippen LogP contribution >= 0.6 is 11.6 Å². The highest BCUT2D eigenvalue weighted by Crippen LogP contribution is 2.33. The second kappa shape index (κ2) is 16.0. The Balaban J connectivity index is 0.000000188. The Morgan fingerprint density at radius 1 is 0.729 bits per heavy atom. The summed E-state index contributed by atoms with van der Waals surface area (Å²) in [6, 6.07) is 28.6. The number of carbonyl (C=O) groups excluding carboxylic acids is 2. The predicted molar refractivity (Wildman–Crippen MR) is 185 cm³/mol. The van der Waals surface area contributed by atoms with Crippen LogP contribution in [0.15, 0.2) is 114 Å². The molecule has 244 valence electrons. The molecule has 0 radical (unpaired) electrons. The molecule has 2 heterocycles. The number of carbonyl (C=O) groups is 2. The number of hydrogen-bond acceptors (Lipinski definition) is 8. The molecule has 12 heteroatoms. The highest BCUT2D eigenvalue weighted by Gasteiger charge is 2.13. The van der Waals surface area contributed by atoms with Crippen LogP contribution in [0.25, 0.3) is 21.8 Å². The molecule has 0 aliphatic heterocycles. The molecule has 6 rings (SSSR count). The third-order valence-electron chi connectivity index (χ3n) is 6.99. The number of aromatic amines is 1. The van der Waals surface area contributed by atoms with Gasteiger partial charge in [-0.2, -0.15) is 0 Å². The van der Waals surface area contributed by atoms with Crippen LogP contribution in [-0.2, 0) is 22.7 Å². The van der Waals surface area contributed by atoms with Gasteiger partial charge in [-0.15, -0.1) is 0 Å². The lowest BCUT2D eigenvalue weighted by Gasteiger charge is -2.12. The van der Waals surface area contributed by atoms with Crippen molar-refractivity contribution in [2.75, 3.05) is 24.9 Å². The van der Waals surface area contributed by atoms with E-state index in [1.165, 1.54) is 20.3 Å². The molecule has 0 atom stereocenters. The number of hydrogen-bond donors (Lipinski definition) is 3. The SMILES string of the molecule is COc1cc2[nH]ccc(=O)c2cc1NC(=O)OCc1ccccc1.COc1cc2nccc(Cl)c2cc1NC(=O)OCc1ccccc1. The molecule has 2 aromatic heterocycles. The van der Waals surface area contributed by atoms with Crippen molar-refractivity contribution in [2.45, 2.75) is 13.2 Å². The zero-order valence-electron chi connectivity index (χ0n) is 26.0. The predicted octanol–water partition coefficient (Wildman–Crippen LogP) is 7.93. The fourth-order valence-electron chi connectivity index (χ4n) is 4.61. The topological polar surface area (TPSA) is 141 Å². The lowest BCUT2D eigenvalue weighted by Crippen LogP contribution is -2.14. The van der Waals surface area contributed by atoms with E-state index >= 15 is 0 Å². The Morgan fingerprint density at radius 3 is 1.83 bits per heavy atom. The van der Waals surface area contributed by atoms with Gasteiger partial charge < -0.3 is 23.9 Å². The number of benzene rings is 4. The molecule has 3 N–H and O–H groups in total. The van der Waals surface area contributed by atoms with Crippen molar-refractivity contribution in [3.8, 4) is 11.5 Å². The monoisotopic (exact) mass is 666 g/mol. The first-order valence-electron chi connectivity index (χ1n) is 14.6. The Bertz CT molecular complexity index is 2090. The van der Waals surface area contributed by atoms with Gasteiger partial charge >= 0.3 is 12.2 Å². The second-order valence-corrected chi connectivity index (χ2v) is 10.6. The van der Waals surface area contributed by atoms with E-state index in [0.717, 1.165) is 16.5 Å². The summed E-state index contributed by atoms with van der Waals surface area (Å²) in [5.41, 5.74) is 3.80. The van der Waals surface area contributed by atoms with Crippen LogP contribution in [0.4, 0.5) is 21.0 Å². The summed E-state index contributed by atoms with van der Waals surface area (Å²) in [5, 5.41) is 7.01. The quantitative estimate of drug-likeness (QED) is 0.149. The zero-order chi connectivity index (χ0) is 33.9. The van der Waals surface area contributed by atoms with Crippen LogP contribution in [0.1, 0.15) is 11.1 Å². The molecule has 0 bridgehead atoms. The first kappa shape index (κ1) is 33.3. The molecule has 0 saturated heterocycles. The summed E-state index contributed by atoms with van der Waals surface area (Å²) in [7, 11) is 3.01. The Hall–Kier alpha value is -6.07. The normalized spacial score (nSPS) is 10.4. The van der Waals surface area contributed by atoms with Crippen LogP contribution in [0, 0.1) is 0 Å². The molecule has 0 unspecified atom stereocenters. The maximum atomic E-state index is 12.0. The van der Waals surface area contributed by atoms with Crippen molar-refractivity contribution in [3.05, 3.63) is 136 Å². The average Bonchev–Trinajstić information content (AvgIpc) is 3.11. The van der Waals surface area contributed by atoms with E-state index in [0.29, 0.717) is 44.3 Å². The van der Waals surface area contributed by atoms with Crippen LogP contribution in [0.5, 0.6) is 11.5 Å². The van der Waals surface area contributed by atoms with Crippen LogP contribution < -0.4 is 25.5 Å². The molecule has 0 fully saturated rings. The van der Waals surface area contributed by atoms with E-state index in [-0.39, 0.29) is 18.6 Å². The summed E-state index contributed by atoms with van der Waals surface area (Å²) >= 11 is 6.18. The van der Waals surface area contributed by atoms with Gasteiger partial charge in [0.15, 0.2) is 5.43 Å². The number of rotatable bonds is 8. The number of amides is 2. The summed E-state index contributed by atoms with van der Waals surface area (Å²) in [6.45, 7) is 0.341. The molecule has 0 saturated carbocycles. The van der Waals surface area contributed by atoms with Gasteiger partial charge in [0.1, 0.15) is 24.7 Å². The van der Waals surface area contributed by atoms with Crippen LogP contribution in [0.3, 0.4) is 0 Å². The van der Waals surface area contributed by atoms with Crippen molar-refractivity contribution >= 4 is 57.0 Å². The molecule has 11 nitrogen and oxygen atoms in total. The number of methoxy groups -OCH3 is 2. The molecule has 4 aromatic carbocycles. The standard InChI is InChI=1S/C18H15ClN2O3.C18H16N2O4/c1-23-17-10-15-13(14(19)7-8-20-15)9-16(17)21-18(22)24-11-12-5-3-2-4-6-12;1-23-17-10-14-13(16(21)7-8-19-14)9-15(17)20-18(22)24-11-12-5-3-2-4-6-12/h2-10H,11H2,1H3,(H,21,22);2-10H,11H2,1H3,(H,19,21)(H,20,22). The van der Waals surface area contributed by atoms with Crippen molar-refractivity contribution in [1.82, 2.24) is 9.97 Å². The third kappa shape index (κ3) is 8.59.